The summed E-state index contributed by atoms with van der Waals surface area (Å²) in [5.74, 6) is 0. The molecule has 0 unspecified atom stereocenters. The Kier molecular flexibility index (Phi) is 4.95. The molecular weight excluding hydrogens is 288 g/mol. The van der Waals surface area contributed by atoms with Gasteiger partial charge in [0.2, 0.25) is 0 Å². The van der Waals surface area contributed by atoms with E-state index in [0.717, 1.165) is 18.8 Å². The highest BCUT2D eigenvalue weighted by Crippen LogP contribution is 2.21. The summed E-state index contributed by atoms with van der Waals surface area (Å²) < 4.78 is 6.77. The maximum atomic E-state index is 12.1. The van der Waals surface area contributed by atoms with Crippen molar-refractivity contribution >= 4 is 22.9 Å². The summed E-state index contributed by atoms with van der Waals surface area (Å²) in [5.41, 5.74) is 6.18. The molecule has 1 saturated heterocycles. The van der Waals surface area contributed by atoms with E-state index in [-0.39, 0.29) is 11.0 Å². The van der Waals surface area contributed by atoms with Crippen LogP contribution in [0.2, 0.25) is 0 Å². The number of ether oxygens (including phenoxy) is 1. The van der Waals surface area contributed by atoms with Gasteiger partial charge in [0.05, 0.1) is 30.1 Å². The predicted molar refractivity (Wildman–Crippen MR) is 86.7 cm³/mol. The van der Waals surface area contributed by atoms with Gasteiger partial charge < -0.3 is 15.4 Å². The molecule has 0 saturated carbocycles. The highest BCUT2D eigenvalue weighted by Gasteiger charge is 2.21. The fourth-order valence-corrected chi connectivity index (χ4v) is 2.20. The van der Waals surface area contributed by atoms with Crippen molar-refractivity contribution in [2.45, 2.75) is 26.8 Å². The Morgan fingerprint density at radius 3 is 2.71 bits per heavy atom. The predicted octanol–water partition coefficient (Wildman–Crippen LogP) is 0.782. The number of thiocarbonyl (C=S) groups is 1. The quantitative estimate of drug-likeness (QED) is 0.810. The van der Waals surface area contributed by atoms with E-state index in [4.69, 9.17) is 22.7 Å². The largest absolute Gasteiger partial charge is 0.393 e. The number of nitrogens with two attached hydrogens (primary N) is 1. The molecule has 0 amide bonds. The molecule has 116 valence electrons. The molecule has 1 aromatic heterocycles. The van der Waals surface area contributed by atoms with E-state index >= 15 is 0 Å². The van der Waals surface area contributed by atoms with Gasteiger partial charge in [-0.3, -0.25) is 4.79 Å². The van der Waals surface area contributed by atoms with Gasteiger partial charge in [-0.05, 0) is 6.42 Å². The number of morpholine rings is 1. The molecule has 2 heterocycles. The Morgan fingerprint density at radius 1 is 1.48 bits per heavy atom. The van der Waals surface area contributed by atoms with E-state index in [2.05, 4.69) is 10.00 Å². The van der Waals surface area contributed by atoms with Gasteiger partial charge in [0.15, 0.2) is 0 Å². The SMILES string of the molecule is CC(C)(CCn1ncc(N2CCOCC2)cc1=O)C(N)=S. The lowest BCUT2D eigenvalue weighted by Gasteiger charge is -2.28. The second-order valence-electron chi connectivity index (χ2n) is 5.87. The Hall–Kier alpha value is -1.47. The van der Waals surface area contributed by atoms with Crippen molar-refractivity contribution in [3.05, 3.63) is 22.6 Å². The molecule has 6 nitrogen and oxygen atoms in total. The monoisotopic (exact) mass is 310 g/mol. The van der Waals surface area contributed by atoms with Crippen molar-refractivity contribution in [3.8, 4) is 0 Å². The van der Waals surface area contributed by atoms with E-state index in [0.29, 0.717) is 31.2 Å². The van der Waals surface area contributed by atoms with Crippen molar-refractivity contribution in [2.75, 3.05) is 31.2 Å². The molecule has 2 N–H and O–H groups in total. The van der Waals surface area contributed by atoms with Crippen molar-refractivity contribution in [3.63, 3.8) is 0 Å². The second-order valence-corrected chi connectivity index (χ2v) is 6.31. The lowest BCUT2D eigenvalue weighted by Crippen LogP contribution is -2.38. The number of hydrogen-bond acceptors (Lipinski definition) is 5. The number of hydrogen-bond donors (Lipinski definition) is 1. The van der Waals surface area contributed by atoms with Crippen LogP contribution in [-0.2, 0) is 11.3 Å². The molecule has 1 fully saturated rings. The molecule has 21 heavy (non-hydrogen) atoms. The molecule has 0 spiro atoms. The van der Waals surface area contributed by atoms with Crippen LogP contribution < -0.4 is 16.2 Å². The normalized spacial score (nSPS) is 16.0. The molecule has 0 atom stereocenters. The van der Waals surface area contributed by atoms with Crippen LogP contribution in [-0.4, -0.2) is 41.1 Å². The van der Waals surface area contributed by atoms with E-state index in [9.17, 15) is 4.79 Å². The summed E-state index contributed by atoms with van der Waals surface area (Å²) in [6.45, 7) is 7.41. The van der Waals surface area contributed by atoms with E-state index in [1.807, 2.05) is 13.8 Å². The molecule has 2 rings (SSSR count). The van der Waals surface area contributed by atoms with Crippen molar-refractivity contribution in [1.82, 2.24) is 9.78 Å². The van der Waals surface area contributed by atoms with Gasteiger partial charge in [0.1, 0.15) is 0 Å². The Balaban J connectivity index is 2.05. The highest BCUT2D eigenvalue weighted by molar-refractivity contribution is 7.80. The number of rotatable bonds is 5. The standard InChI is InChI=1S/C14H22N4O2S/c1-14(2,13(15)21)3-4-18-12(19)9-11(10-16-18)17-5-7-20-8-6-17/h9-10H,3-8H2,1-2H3,(H2,15,21). The van der Waals surface area contributed by atoms with Crippen LogP contribution in [0.15, 0.2) is 17.1 Å². The smallest absolute Gasteiger partial charge is 0.268 e. The summed E-state index contributed by atoms with van der Waals surface area (Å²) >= 11 is 5.04. The minimum Gasteiger partial charge on any atom is -0.393 e. The van der Waals surface area contributed by atoms with Crippen LogP contribution in [0.4, 0.5) is 5.69 Å². The van der Waals surface area contributed by atoms with Crippen molar-refractivity contribution < 1.29 is 4.74 Å². The zero-order valence-corrected chi connectivity index (χ0v) is 13.4. The highest BCUT2D eigenvalue weighted by atomic mass is 32.1. The maximum Gasteiger partial charge on any atom is 0.268 e. The van der Waals surface area contributed by atoms with Crippen LogP contribution in [0.3, 0.4) is 0 Å². The van der Waals surface area contributed by atoms with Gasteiger partial charge in [-0.2, -0.15) is 5.10 Å². The zero-order chi connectivity index (χ0) is 15.5. The van der Waals surface area contributed by atoms with E-state index < -0.39 is 0 Å². The number of aromatic nitrogens is 2. The first-order chi connectivity index (χ1) is 9.90. The fourth-order valence-electron chi connectivity index (χ4n) is 2.10. The van der Waals surface area contributed by atoms with E-state index in [1.54, 1.807) is 12.3 Å². The summed E-state index contributed by atoms with van der Waals surface area (Å²) in [7, 11) is 0. The minimum atomic E-state index is -0.278. The van der Waals surface area contributed by atoms with Crippen molar-refractivity contribution in [1.29, 1.82) is 0 Å². The summed E-state index contributed by atoms with van der Waals surface area (Å²) in [5, 5.41) is 4.25. The first-order valence-corrected chi connectivity index (χ1v) is 7.51. The molecule has 1 aromatic rings. The number of nitrogens with zero attached hydrogens (tertiary/aromatic N) is 3. The Morgan fingerprint density at radius 2 is 2.14 bits per heavy atom. The molecule has 0 aromatic carbocycles. The molecule has 7 heteroatoms. The van der Waals surface area contributed by atoms with Crippen LogP contribution >= 0.6 is 12.2 Å². The molecule has 0 bridgehead atoms. The van der Waals surface area contributed by atoms with E-state index in [1.165, 1.54) is 4.68 Å². The third-order valence-corrected chi connectivity index (χ3v) is 4.40. The van der Waals surface area contributed by atoms with Gasteiger partial charge in [-0.15, -0.1) is 0 Å². The maximum absolute atomic E-state index is 12.1. The number of anilines is 1. The average Bonchev–Trinajstić information content (AvgIpc) is 2.46. The molecule has 0 radical (unpaired) electrons. The van der Waals surface area contributed by atoms with Crippen LogP contribution in [0, 0.1) is 5.41 Å². The fraction of sp³-hybridized carbons (Fsp3) is 0.643. The average molecular weight is 310 g/mol. The minimum absolute atomic E-state index is 0.0993. The van der Waals surface area contributed by atoms with Crippen molar-refractivity contribution in [2.24, 2.45) is 11.1 Å². The van der Waals surface area contributed by atoms with Crippen LogP contribution in [0.1, 0.15) is 20.3 Å². The molecule has 0 aliphatic carbocycles. The first-order valence-electron chi connectivity index (χ1n) is 7.10. The summed E-state index contributed by atoms with van der Waals surface area (Å²) in [6.07, 6.45) is 2.42. The van der Waals surface area contributed by atoms with Gasteiger partial charge in [0.25, 0.3) is 5.56 Å². The second kappa shape index (κ2) is 6.53. The topological polar surface area (TPSA) is 73.4 Å². The van der Waals surface area contributed by atoms with Gasteiger partial charge in [0, 0.05) is 31.1 Å². The Labute approximate surface area is 129 Å². The van der Waals surface area contributed by atoms with Crippen LogP contribution in [0.25, 0.3) is 0 Å². The van der Waals surface area contributed by atoms with Gasteiger partial charge in [-0.25, -0.2) is 4.68 Å². The zero-order valence-electron chi connectivity index (χ0n) is 12.5. The lowest BCUT2D eigenvalue weighted by atomic mass is 9.89. The van der Waals surface area contributed by atoms with Gasteiger partial charge >= 0.3 is 0 Å². The summed E-state index contributed by atoms with van der Waals surface area (Å²) in [6, 6.07) is 1.63. The van der Waals surface area contributed by atoms with Gasteiger partial charge in [-0.1, -0.05) is 26.1 Å². The molecular formula is C14H22N4O2S. The Bertz CT molecular complexity index is 564. The van der Waals surface area contributed by atoms with Crippen LogP contribution in [0.5, 0.6) is 0 Å². The third-order valence-electron chi connectivity index (χ3n) is 3.85. The third kappa shape index (κ3) is 4.01. The molecule has 1 aliphatic heterocycles. The number of aryl methyl sites for hydroxylation is 1. The lowest BCUT2D eigenvalue weighted by molar-refractivity contribution is 0.122. The first kappa shape index (κ1) is 15.9. The summed E-state index contributed by atoms with van der Waals surface area (Å²) in [4.78, 5) is 14.7. The molecule has 1 aliphatic rings.